The van der Waals surface area contributed by atoms with Crippen LogP contribution in [0.4, 0.5) is 4.79 Å². The summed E-state index contributed by atoms with van der Waals surface area (Å²) in [6.45, 7) is 9.40. The summed E-state index contributed by atoms with van der Waals surface area (Å²) in [5.74, 6) is 0.370. The Morgan fingerprint density at radius 1 is 1.35 bits per heavy atom. The Morgan fingerprint density at radius 3 is 2.82 bits per heavy atom. The first kappa shape index (κ1) is 12.6. The maximum absolute atomic E-state index is 12.0. The molecule has 0 radical (unpaired) electrons. The molecule has 0 saturated carbocycles. The van der Waals surface area contributed by atoms with Crippen molar-refractivity contribution in [3.63, 3.8) is 0 Å². The summed E-state index contributed by atoms with van der Waals surface area (Å²) >= 11 is 0. The molecule has 5 heteroatoms. The summed E-state index contributed by atoms with van der Waals surface area (Å²) in [4.78, 5) is 13.8. The molecule has 2 aliphatic heterocycles. The molecule has 1 amide bonds. The Labute approximate surface area is 102 Å². The van der Waals surface area contributed by atoms with Crippen molar-refractivity contribution < 1.29 is 14.3 Å². The lowest BCUT2D eigenvalue weighted by molar-refractivity contribution is 0.00926. The predicted molar refractivity (Wildman–Crippen MR) is 63.9 cm³/mol. The number of nitrogens with one attached hydrogen (secondary N) is 1. The van der Waals surface area contributed by atoms with Gasteiger partial charge < -0.3 is 19.7 Å². The molecule has 2 saturated heterocycles. The molecule has 0 spiro atoms. The van der Waals surface area contributed by atoms with Crippen LogP contribution in [0.15, 0.2) is 0 Å². The van der Waals surface area contributed by atoms with E-state index in [0.717, 1.165) is 19.7 Å². The minimum Gasteiger partial charge on any atom is -0.444 e. The zero-order valence-corrected chi connectivity index (χ0v) is 10.9. The van der Waals surface area contributed by atoms with Crippen molar-refractivity contribution in [2.75, 3.05) is 32.8 Å². The summed E-state index contributed by atoms with van der Waals surface area (Å²) < 4.78 is 11.0. The van der Waals surface area contributed by atoms with Gasteiger partial charge in [-0.3, -0.25) is 0 Å². The molecule has 17 heavy (non-hydrogen) atoms. The van der Waals surface area contributed by atoms with E-state index < -0.39 is 5.60 Å². The van der Waals surface area contributed by atoms with E-state index in [9.17, 15) is 4.79 Å². The van der Waals surface area contributed by atoms with E-state index in [0.29, 0.717) is 19.1 Å². The largest absolute Gasteiger partial charge is 0.444 e. The second-order valence-corrected chi connectivity index (χ2v) is 5.89. The second-order valence-electron chi connectivity index (χ2n) is 5.89. The Morgan fingerprint density at radius 2 is 2.12 bits per heavy atom. The molecule has 5 nitrogen and oxygen atoms in total. The van der Waals surface area contributed by atoms with Gasteiger partial charge in [-0.15, -0.1) is 0 Å². The lowest BCUT2D eigenvalue weighted by Gasteiger charge is -2.30. The van der Waals surface area contributed by atoms with Gasteiger partial charge in [0.25, 0.3) is 0 Å². The topological polar surface area (TPSA) is 50.8 Å². The van der Waals surface area contributed by atoms with E-state index >= 15 is 0 Å². The van der Waals surface area contributed by atoms with Crippen LogP contribution in [0.5, 0.6) is 0 Å². The number of fused-ring (bicyclic) bond motifs is 3. The lowest BCUT2D eigenvalue weighted by Crippen LogP contribution is -2.46. The maximum atomic E-state index is 12.0. The molecule has 2 heterocycles. The van der Waals surface area contributed by atoms with Crippen LogP contribution < -0.4 is 5.32 Å². The van der Waals surface area contributed by atoms with Gasteiger partial charge in [-0.25, -0.2) is 4.79 Å². The van der Waals surface area contributed by atoms with Crippen LogP contribution in [0.2, 0.25) is 0 Å². The smallest absolute Gasteiger partial charge is 0.410 e. The fraction of sp³-hybridized carbons (Fsp3) is 0.917. The number of carbonyl (C=O) groups is 1. The van der Waals surface area contributed by atoms with Crippen molar-refractivity contribution in [2.24, 2.45) is 5.92 Å². The van der Waals surface area contributed by atoms with Gasteiger partial charge in [0.15, 0.2) is 0 Å². The van der Waals surface area contributed by atoms with Crippen LogP contribution in [0.1, 0.15) is 20.8 Å². The van der Waals surface area contributed by atoms with Crippen molar-refractivity contribution in [1.29, 1.82) is 0 Å². The van der Waals surface area contributed by atoms with Crippen LogP contribution in [0.25, 0.3) is 0 Å². The minimum atomic E-state index is -0.428. The van der Waals surface area contributed by atoms with E-state index in [2.05, 4.69) is 5.32 Å². The van der Waals surface area contributed by atoms with E-state index in [1.165, 1.54) is 0 Å². The van der Waals surface area contributed by atoms with Crippen molar-refractivity contribution in [2.45, 2.75) is 32.4 Å². The highest BCUT2D eigenvalue weighted by molar-refractivity contribution is 5.68. The molecule has 2 fully saturated rings. The summed E-state index contributed by atoms with van der Waals surface area (Å²) in [6, 6.07) is 0.231. The van der Waals surface area contributed by atoms with Crippen molar-refractivity contribution in [3.05, 3.63) is 0 Å². The normalized spacial score (nSPS) is 29.7. The molecule has 2 atom stereocenters. The molecular weight excluding hydrogens is 220 g/mol. The van der Waals surface area contributed by atoms with Gasteiger partial charge in [-0.1, -0.05) is 0 Å². The highest BCUT2D eigenvalue weighted by atomic mass is 16.6. The number of hydrogen-bond acceptors (Lipinski definition) is 4. The number of amides is 1. The molecule has 0 aliphatic carbocycles. The molecule has 0 aromatic heterocycles. The van der Waals surface area contributed by atoms with Crippen LogP contribution in [0, 0.1) is 5.92 Å². The Kier molecular flexibility index (Phi) is 3.58. The van der Waals surface area contributed by atoms with Gasteiger partial charge >= 0.3 is 6.09 Å². The highest BCUT2D eigenvalue weighted by Gasteiger charge is 2.32. The van der Waals surface area contributed by atoms with Crippen LogP contribution in [-0.4, -0.2) is 55.5 Å². The van der Waals surface area contributed by atoms with E-state index in [4.69, 9.17) is 9.47 Å². The van der Waals surface area contributed by atoms with Gasteiger partial charge in [0, 0.05) is 31.6 Å². The average molecular weight is 242 g/mol. The monoisotopic (exact) mass is 242 g/mol. The number of hydrogen-bond donors (Lipinski definition) is 1. The zero-order valence-electron chi connectivity index (χ0n) is 10.9. The maximum Gasteiger partial charge on any atom is 0.410 e. The molecule has 0 aromatic carbocycles. The van der Waals surface area contributed by atoms with Gasteiger partial charge in [0.05, 0.1) is 13.2 Å². The summed E-state index contributed by atoms with van der Waals surface area (Å²) in [5.41, 5.74) is -0.428. The van der Waals surface area contributed by atoms with Crippen molar-refractivity contribution in [1.82, 2.24) is 10.2 Å². The second kappa shape index (κ2) is 4.82. The molecule has 1 N–H and O–H groups in total. The molecule has 98 valence electrons. The third-order valence-corrected chi connectivity index (χ3v) is 2.94. The van der Waals surface area contributed by atoms with Gasteiger partial charge in [0.1, 0.15) is 5.60 Å². The number of carbonyl (C=O) groups excluding carboxylic acids is 1. The van der Waals surface area contributed by atoms with Gasteiger partial charge in [0.2, 0.25) is 0 Å². The van der Waals surface area contributed by atoms with Crippen molar-refractivity contribution >= 4 is 6.09 Å². The zero-order chi connectivity index (χ0) is 12.5. The fourth-order valence-electron chi connectivity index (χ4n) is 2.19. The molecular formula is C12H22N2O3. The van der Waals surface area contributed by atoms with Crippen LogP contribution in [-0.2, 0) is 9.47 Å². The van der Waals surface area contributed by atoms with Crippen LogP contribution >= 0.6 is 0 Å². The highest BCUT2D eigenvalue weighted by Crippen LogP contribution is 2.16. The number of nitrogens with zero attached hydrogens (tertiary/aromatic N) is 1. The molecule has 2 rings (SSSR count). The summed E-state index contributed by atoms with van der Waals surface area (Å²) in [6.07, 6.45) is -0.210. The third-order valence-electron chi connectivity index (χ3n) is 2.94. The first-order chi connectivity index (χ1) is 7.94. The summed E-state index contributed by atoms with van der Waals surface area (Å²) in [5, 5.41) is 3.42. The Hall–Kier alpha value is -0.810. The number of ether oxygens (including phenoxy) is 2. The van der Waals surface area contributed by atoms with E-state index in [1.54, 1.807) is 0 Å². The van der Waals surface area contributed by atoms with Gasteiger partial charge in [-0.2, -0.15) is 0 Å². The van der Waals surface area contributed by atoms with Crippen LogP contribution in [0.3, 0.4) is 0 Å². The standard InChI is InChI=1S/C12H22N2O3/c1-12(2,3)17-11(15)14-5-9-4-13-10(6-14)8-16-7-9/h9-10,13H,4-8H2,1-3H3/t9-,10+/m0/s1. The summed E-state index contributed by atoms with van der Waals surface area (Å²) in [7, 11) is 0. The number of rotatable bonds is 0. The van der Waals surface area contributed by atoms with E-state index in [1.807, 2.05) is 25.7 Å². The third kappa shape index (κ3) is 3.57. The first-order valence-corrected chi connectivity index (χ1v) is 6.23. The molecule has 2 bridgehead atoms. The fourth-order valence-corrected chi connectivity index (χ4v) is 2.19. The van der Waals surface area contributed by atoms with E-state index in [-0.39, 0.29) is 12.1 Å². The molecule has 2 aliphatic rings. The van der Waals surface area contributed by atoms with Gasteiger partial charge in [-0.05, 0) is 20.8 Å². The minimum absolute atomic E-state index is 0.210. The SMILES string of the molecule is CC(C)(C)OC(=O)N1C[C@@H]2CN[C@@H](COC2)C1. The molecule has 0 unspecified atom stereocenters. The molecule has 0 aromatic rings. The average Bonchev–Trinajstić information content (AvgIpc) is 2.46. The lowest BCUT2D eigenvalue weighted by atomic mass is 10.1. The Bertz CT molecular complexity index is 274. The first-order valence-electron chi connectivity index (χ1n) is 6.23. The predicted octanol–water partition coefficient (Wildman–Crippen LogP) is 0.842. The Balaban J connectivity index is 1.99. The van der Waals surface area contributed by atoms with Crippen molar-refractivity contribution in [3.8, 4) is 0 Å². The quantitative estimate of drug-likeness (QED) is 0.684.